The molecule has 1 aromatic heterocycles. The quantitative estimate of drug-likeness (QED) is 0.433. The Hall–Kier alpha value is -2.58. The van der Waals surface area contributed by atoms with E-state index in [9.17, 15) is 15.0 Å². The van der Waals surface area contributed by atoms with Gasteiger partial charge in [-0.2, -0.15) is 0 Å². The van der Waals surface area contributed by atoms with Crippen LogP contribution in [0.3, 0.4) is 0 Å². The number of carboxylic acid groups (broad SMARTS) is 1. The maximum atomic E-state index is 10.9. The molecule has 118 valence electrons. The first-order valence-electron chi connectivity index (χ1n) is 7.03. The molecule has 0 amide bonds. The molecule has 0 radical (unpaired) electrons. The van der Waals surface area contributed by atoms with Gasteiger partial charge in [0.2, 0.25) is 6.20 Å². The summed E-state index contributed by atoms with van der Waals surface area (Å²) in [6.45, 7) is 1.79. The van der Waals surface area contributed by atoms with E-state index in [2.05, 4.69) is 0 Å². The van der Waals surface area contributed by atoms with Crippen LogP contribution in [0, 0.1) is 6.92 Å². The van der Waals surface area contributed by atoms with Gasteiger partial charge in [-0.1, -0.05) is 0 Å². The van der Waals surface area contributed by atoms with Crippen LogP contribution >= 0.6 is 0 Å². The van der Waals surface area contributed by atoms with Crippen LogP contribution in [0.25, 0.3) is 0 Å². The van der Waals surface area contributed by atoms with Crippen molar-refractivity contribution in [3.63, 3.8) is 0 Å². The van der Waals surface area contributed by atoms with Crippen LogP contribution in [-0.2, 0) is 9.45 Å². The van der Waals surface area contributed by atoms with E-state index in [-0.39, 0.29) is 12.3 Å². The summed E-state index contributed by atoms with van der Waals surface area (Å²) in [6, 6.07) is 8.24. The first-order chi connectivity index (χ1) is 11.0. The Morgan fingerprint density at radius 1 is 1.43 bits per heavy atom. The van der Waals surface area contributed by atoms with Crippen molar-refractivity contribution in [3.05, 3.63) is 47.7 Å². The van der Waals surface area contributed by atoms with Crippen molar-refractivity contribution in [2.24, 2.45) is 0 Å². The molecule has 7 nitrogen and oxygen atoms in total. The lowest BCUT2D eigenvalue weighted by atomic mass is 9.77. The minimum absolute atomic E-state index is 0.211. The van der Waals surface area contributed by atoms with Gasteiger partial charge in [-0.15, -0.1) is 0 Å². The Labute approximate surface area is 132 Å². The number of hydrogen-bond donors (Lipinski definition) is 3. The standard InChI is InChI=1S/C15H14BNO6/c1-9-6-10(22-13-4-2-3-5-17(13)21)7-11-15(9)12(8-14(18)19)23-16(11)20/h2-7,12,20H,8H2,1H3,(H-,18,19,21)/p+1. The number of carboxylic acids is 1. The summed E-state index contributed by atoms with van der Waals surface area (Å²) in [6.07, 6.45) is 0.516. The number of aryl methyl sites for hydroxylation is 1. The van der Waals surface area contributed by atoms with Gasteiger partial charge in [0.25, 0.3) is 0 Å². The molecule has 0 saturated carbocycles. The summed E-state index contributed by atoms with van der Waals surface area (Å²) in [5, 5.41) is 28.6. The van der Waals surface area contributed by atoms with Crippen molar-refractivity contribution in [2.45, 2.75) is 19.4 Å². The third-order valence-electron chi connectivity index (χ3n) is 3.66. The molecule has 1 aliphatic heterocycles. The Morgan fingerprint density at radius 2 is 2.22 bits per heavy atom. The summed E-state index contributed by atoms with van der Waals surface area (Å²) < 4.78 is 11.8. The van der Waals surface area contributed by atoms with Gasteiger partial charge in [0, 0.05) is 10.8 Å². The third-order valence-corrected chi connectivity index (χ3v) is 3.66. The van der Waals surface area contributed by atoms with Gasteiger partial charge in [-0.25, -0.2) is 0 Å². The smallest absolute Gasteiger partial charge is 0.481 e. The lowest BCUT2D eigenvalue weighted by Gasteiger charge is -2.12. The molecule has 1 unspecified atom stereocenters. The molecule has 2 heterocycles. The molecule has 0 aliphatic carbocycles. The van der Waals surface area contributed by atoms with Gasteiger partial charge in [-0.05, 0) is 41.7 Å². The van der Waals surface area contributed by atoms with E-state index in [1.165, 1.54) is 6.20 Å². The molecule has 2 aromatic rings. The first kappa shape index (κ1) is 15.3. The number of nitrogens with zero attached hydrogens (tertiary/aromatic N) is 1. The molecular weight excluding hydrogens is 301 g/mol. The van der Waals surface area contributed by atoms with E-state index in [4.69, 9.17) is 14.5 Å². The maximum Gasteiger partial charge on any atom is 0.492 e. The summed E-state index contributed by atoms with van der Waals surface area (Å²) >= 11 is 0. The fraction of sp³-hybridized carbons (Fsp3) is 0.200. The summed E-state index contributed by atoms with van der Waals surface area (Å²) in [7, 11) is -1.20. The summed E-state index contributed by atoms with van der Waals surface area (Å²) in [4.78, 5) is 10.9. The number of fused-ring (bicyclic) bond motifs is 1. The predicted molar refractivity (Wildman–Crippen MR) is 78.8 cm³/mol. The highest BCUT2D eigenvalue weighted by Gasteiger charge is 2.38. The van der Waals surface area contributed by atoms with Gasteiger partial charge >= 0.3 is 19.0 Å². The molecule has 8 heteroatoms. The topological polar surface area (TPSA) is 100 Å². The van der Waals surface area contributed by atoms with E-state index < -0.39 is 19.2 Å². The molecule has 1 aliphatic rings. The van der Waals surface area contributed by atoms with Gasteiger partial charge in [0.15, 0.2) is 0 Å². The van der Waals surface area contributed by atoms with Crippen LogP contribution < -0.4 is 14.9 Å². The van der Waals surface area contributed by atoms with Crippen molar-refractivity contribution < 1.29 is 34.3 Å². The van der Waals surface area contributed by atoms with E-state index >= 15 is 0 Å². The lowest BCUT2D eigenvalue weighted by molar-refractivity contribution is -0.905. The lowest BCUT2D eigenvalue weighted by Crippen LogP contribution is -2.31. The van der Waals surface area contributed by atoms with E-state index in [1.807, 2.05) is 0 Å². The maximum absolute atomic E-state index is 10.9. The largest absolute Gasteiger partial charge is 0.492 e. The average Bonchev–Trinajstić information content (AvgIpc) is 2.77. The highest BCUT2D eigenvalue weighted by Crippen LogP contribution is 2.32. The molecule has 0 saturated heterocycles. The highest BCUT2D eigenvalue weighted by atomic mass is 16.6. The van der Waals surface area contributed by atoms with E-state index in [0.29, 0.717) is 16.8 Å². The number of hydrogen-bond acceptors (Lipinski definition) is 5. The molecule has 0 fully saturated rings. The molecule has 1 atom stereocenters. The molecule has 1 aromatic carbocycles. The average molecular weight is 316 g/mol. The molecule has 23 heavy (non-hydrogen) atoms. The second-order valence-electron chi connectivity index (χ2n) is 5.30. The van der Waals surface area contributed by atoms with Crippen LogP contribution in [0.2, 0.25) is 0 Å². The number of ether oxygens (including phenoxy) is 1. The zero-order valence-corrected chi connectivity index (χ0v) is 12.3. The number of aliphatic carboxylic acids is 1. The van der Waals surface area contributed by atoms with E-state index in [1.54, 1.807) is 37.3 Å². The minimum atomic E-state index is -1.20. The molecule has 3 rings (SSSR count). The van der Waals surface area contributed by atoms with Gasteiger partial charge < -0.3 is 19.5 Å². The van der Waals surface area contributed by atoms with Crippen LogP contribution in [0.5, 0.6) is 11.6 Å². The number of pyridine rings is 1. The molecule has 3 N–H and O–H groups in total. The number of rotatable bonds is 4. The second kappa shape index (κ2) is 5.90. The normalized spacial score (nSPS) is 16.3. The van der Waals surface area contributed by atoms with Gasteiger partial charge in [0.1, 0.15) is 5.75 Å². The number of aromatic nitrogens is 1. The van der Waals surface area contributed by atoms with Crippen molar-refractivity contribution >= 4 is 18.6 Å². The third kappa shape index (κ3) is 2.99. The van der Waals surface area contributed by atoms with Crippen LogP contribution in [0.4, 0.5) is 0 Å². The van der Waals surface area contributed by atoms with Crippen molar-refractivity contribution in [1.29, 1.82) is 0 Å². The Balaban J connectivity index is 1.95. The van der Waals surface area contributed by atoms with Crippen molar-refractivity contribution in [1.82, 2.24) is 0 Å². The minimum Gasteiger partial charge on any atom is -0.481 e. The first-order valence-corrected chi connectivity index (χ1v) is 7.03. The highest BCUT2D eigenvalue weighted by molar-refractivity contribution is 6.62. The summed E-state index contributed by atoms with van der Waals surface area (Å²) in [5.74, 6) is -0.378. The van der Waals surface area contributed by atoms with E-state index in [0.717, 1.165) is 10.3 Å². The fourth-order valence-corrected chi connectivity index (χ4v) is 2.72. The van der Waals surface area contributed by atoms with Gasteiger partial charge in [-0.3, -0.25) is 10.0 Å². The molecule has 0 spiro atoms. The monoisotopic (exact) mass is 316 g/mol. The molecule has 0 bridgehead atoms. The Morgan fingerprint density at radius 3 is 2.91 bits per heavy atom. The Bertz CT molecular complexity index is 766. The second-order valence-corrected chi connectivity index (χ2v) is 5.30. The fourth-order valence-electron chi connectivity index (χ4n) is 2.72. The van der Waals surface area contributed by atoms with Crippen LogP contribution in [0.1, 0.15) is 23.7 Å². The zero-order valence-electron chi connectivity index (χ0n) is 12.3. The zero-order chi connectivity index (χ0) is 16.6. The number of carbonyl (C=O) groups is 1. The van der Waals surface area contributed by atoms with Crippen LogP contribution in [0.15, 0.2) is 36.5 Å². The summed E-state index contributed by atoms with van der Waals surface area (Å²) in [5.41, 5.74) is 1.89. The number of benzene rings is 1. The Kier molecular flexibility index (Phi) is 3.93. The van der Waals surface area contributed by atoms with Gasteiger partial charge in [0.05, 0.1) is 18.6 Å². The van der Waals surface area contributed by atoms with Crippen molar-refractivity contribution in [2.75, 3.05) is 0 Å². The SMILES string of the molecule is Cc1cc(Oc2cccc[n+]2O)cc2c1C(CC(=O)O)OB2O. The predicted octanol–water partition coefficient (Wildman–Crippen LogP) is 0.546. The van der Waals surface area contributed by atoms with Crippen LogP contribution in [-0.4, -0.2) is 28.4 Å². The molecular formula is C15H15BNO6+. The van der Waals surface area contributed by atoms with Crippen molar-refractivity contribution in [3.8, 4) is 11.6 Å².